The zero-order valence-electron chi connectivity index (χ0n) is 15.5. The molecular weight excluding hydrogens is 318 g/mol. The molecule has 1 atom stereocenters. The molecule has 0 saturated heterocycles. The Hall–Kier alpha value is -2.41. The molecule has 1 heterocycles. The SMILES string of the molecule is CC(NC(=O)NCC(C)(C)N(C)C)c1noc(Cc2ccccc2)n1. The molecule has 0 bridgehead atoms. The van der Waals surface area contributed by atoms with Crippen molar-refractivity contribution in [2.24, 2.45) is 0 Å². The number of aromatic nitrogens is 2. The molecular formula is C18H27N5O2. The lowest BCUT2D eigenvalue weighted by atomic mass is 10.0. The summed E-state index contributed by atoms with van der Waals surface area (Å²) in [7, 11) is 3.96. The van der Waals surface area contributed by atoms with Gasteiger partial charge in [-0.1, -0.05) is 35.5 Å². The highest BCUT2D eigenvalue weighted by Gasteiger charge is 2.22. The second-order valence-electron chi connectivity index (χ2n) is 6.96. The van der Waals surface area contributed by atoms with Crippen LogP contribution in [0.1, 0.15) is 44.1 Å². The summed E-state index contributed by atoms with van der Waals surface area (Å²) in [6, 6.07) is 9.32. The number of carbonyl (C=O) groups is 1. The molecule has 0 spiro atoms. The number of likely N-dealkylation sites (N-methyl/N-ethyl adjacent to an activating group) is 1. The number of benzene rings is 1. The first kappa shape index (κ1) is 18.9. The van der Waals surface area contributed by atoms with Gasteiger partial charge in [-0.2, -0.15) is 4.98 Å². The van der Waals surface area contributed by atoms with Crippen LogP contribution in [0.5, 0.6) is 0 Å². The van der Waals surface area contributed by atoms with E-state index in [0.717, 1.165) is 5.56 Å². The van der Waals surface area contributed by atoms with Gasteiger partial charge in [-0.15, -0.1) is 0 Å². The molecule has 0 saturated carbocycles. The molecule has 0 fully saturated rings. The second-order valence-corrected chi connectivity index (χ2v) is 6.96. The Morgan fingerprint density at radius 2 is 1.96 bits per heavy atom. The number of hydrogen-bond acceptors (Lipinski definition) is 5. The van der Waals surface area contributed by atoms with Crippen LogP contribution in [0.15, 0.2) is 34.9 Å². The van der Waals surface area contributed by atoms with E-state index >= 15 is 0 Å². The number of nitrogens with one attached hydrogen (secondary N) is 2. The maximum Gasteiger partial charge on any atom is 0.315 e. The molecule has 25 heavy (non-hydrogen) atoms. The van der Waals surface area contributed by atoms with Crippen molar-refractivity contribution < 1.29 is 9.32 Å². The van der Waals surface area contributed by atoms with E-state index in [1.54, 1.807) is 0 Å². The molecule has 0 aliphatic heterocycles. The van der Waals surface area contributed by atoms with Crippen LogP contribution < -0.4 is 10.6 Å². The fraction of sp³-hybridized carbons (Fsp3) is 0.500. The van der Waals surface area contributed by atoms with Gasteiger partial charge in [0.2, 0.25) is 5.89 Å². The van der Waals surface area contributed by atoms with Crippen molar-refractivity contribution in [3.8, 4) is 0 Å². The molecule has 1 aromatic carbocycles. The van der Waals surface area contributed by atoms with Gasteiger partial charge < -0.3 is 20.1 Å². The summed E-state index contributed by atoms with van der Waals surface area (Å²) in [4.78, 5) is 18.5. The molecule has 136 valence electrons. The van der Waals surface area contributed by atoms with Crippen LogP contribution in [-0.4, -0.2) is 47.3 Å². The van der Waals surface area contributed by atoms with E-state index in [-0.39, 0.29) is 17.6 Å². The minimum absolute atomic E-state index is 0.129. The minimum atomic E-state index is -0.337. The van der Waals surface area contributed by atoms with Gasteiger partial charge in [0.25, 0.3) is 0 Å². The number of hydrogen-bond donors (Lipinski definition) is 2. The van der Waals surface area contributed by atoms with Crippen molar-refractivity contribution in [2.75, 3.05) is 20.6 Å². The summed E-state index contributed by atoms with van der Waals surface area (Å²) >= 11 is 0. The Labute approximate surface area is 148 Å². The Morgan fingerprint density at radius 3 is 2.60 bits per heavy atom. The van der Waals surface area contributed by atoms with Crippen molar-refractivity contribution in [2.45, 2.75) is 38.8 Å². The summed E-state index contributed by atoms with van der Waals surface area (Å²) in [5.41, 5.74) is 0.970. The first-order valence-corrected chi connectivity index (χ1v) is 8.36. The Morgan fingerprint density at radius 1 is 1.28 bits per heavy atom. The molecule has 0 radical (unpaired) electrons. The molecule has 2 rings (SSSR count). The normalized spacial score (nSPS) is 12.9. The van der Waals surface area contributed by atoms with Gasteiger partial charge in [0.05, 0.1) is 12.5 Å². The number of nitrogens with zero attached hydrogens (tertiary/aromatic N) is 3. The number of rotatable bonds is 7. The highest BCUT2D eigenvalue weighted by atomic mass is 16.5. The lowest BCUT2D eigenvalue weighted by Crippen LogP contribution is -2.50. The third-order valence-corrected chi connectivity index (χ3v) is 4.31. The van der Waals surface area contributed by atoms with Crippen LogP contribution in [0.4, 0.5) is 4.79 Å². The fourth-order valence-electron chi connectivity index (χ4n) is 2.05. The van der Waals surface area contributed by atoms with E-state index in [9.17, 15) is 4.79 Å². The van der Waals surface area contributed by atoms with Gasteiger partial charge in [-0.3, -0.25) is 0 Å². The van der Waals surface area contributed by atoms with E-state index in [2.05, 4.69) is 39.5 Å². The highest BCUT2D eigenvalue weighted by Crippen LogP contribution is 2.12. The van der Waals surface area contributed by atoms with Gasteiger partial charge >= 0.3 is 6.03 Å². The number of amides is 2. The van der Waals surface area contributed by atoms with Gasteiger partial charge in [0.1, 0.15) is 0 Å². The molecule has 1 unspecified atom stereocenters. The first-order valence-electron chi connectivity index (χ1n) is 8.36. The van der Waals surface area contributed by atoms with Crippen LogP contribution in [0, 0.1) is 0 Å². The molecule has 0 aliphatic carbocycles. The average Bonchev–Trinajstić information content (AvgIpc) is 3.02. The van der Waals surface area contributed by atoms with E-state index in [0.29, 0.717) is 24.7 Å². The van der Waals surface area contributed by atoms with E-state index in [4.69, 9.17) is 4.52 Å². The molecule has 0 aliphatic rings. The Bertz CT molecular complexity index is 682. The van der Waals surface area contributed by atoms with Gasteiger partial charge in [0.15, 0.2) is 5.82 Å². The van der Waals surface area contributed by atoms with Crippen molar-refractivity contribution in [1.29, 1.82) is 0 Å². The predicted molar refractivity (Wildman–Crippen MR) is 96.3 cm³/mol. The minimum Gasteiger partial charge on any atom is -0.339 e. The van der Waals surface area contributed by atoms with Gasteiger partial charge in [-0.05, 0) is 40.4 Å². The molecule has 2 aromatic rings. The summed E-state index contributed by atoms with van der Waals surface area (Å²) < 4.78 is 5.28. The van der Waals surface area contributed by atoms with Crippen molar-refractivity contribution in [3.05, 3.63) is 47.6 Å². The lowest BCUT2D eigenvalue weighted by Gasteiger charge is -2.32. The largest absolute Gasteiger partial charge is 0.339 e. The van der Waals surface area contributed by atoms with Crippen LogP contribution >= 0.6 is 0 Å². The monoisotopic (exact) mass is 345 g/mol. The smallest absolute Gasteiger partial charge is 0.315 e. The van der Waals surface area contributed by atoms with Crippen LogP contribution in [0.2, 0.25) is 0 Å². The van der Waals surface area contributed by atoms with Crippen LogP contribution in [0.25, 0.3) is 0 Å². The van der Waals surface area contributed by atoms with Crippen molar-refractivity contribution in [3.63, 3.8) is 0 Å². The van der Waals surface area contributed by atoms with E-state index in [1.807, 2.05) is 51.4 Å². The van der Waals surface area contributed by atoms with Gasteiger partial charge in [-0.25, -0.2) is 4.79 Å². The molecule has 7 heteroatoms. The number of carbonyl (C=O) groups excluding carboxylic acids is 1. The first-order chi connectivity index (χ1) is 11.8. The van der Waals surface area contributed by atoms with Crippen LogP contribution in [0.3, 0.4) is 0 Å². The highest BCUT2D eigenvalue weighted by molar-refractivity contribution is 5.74. The fourth-order valence-corrected chi connectivity index (χ4v) is 2.05. The lowest BCUT2D eigenvalue weighted by molar-refractivity contribution is 0.185. The zero-order chi connectivity index (χ0) is 18.4. The number of urea groups is 1. The quantitative estimate of drug-likeness (QED) is 0.805. The second kappa shape index (κ2) is 8.11. The van der Waals surface area contributed by atoms with E-state index in [1.165, 1.54) is 0 Å². The summed E-state index contributed by atoms with van der Waals surface area (Å²) in [6.45, 7) is 6.48. The summed E-state index contributed by atoms with van der Waals surface area (Å²) in [6.07, 6.45) is 0.573. The maximum absolute atomic E-state index is 12.1. The molecule has 1 aromatic heterocycles. The zero-order valence-corrected chi connectivity index (χ0v) is 15.5. The van der Waals surface area contributed by atoms with Gasteiger partial charge in [0, 0.05) is 12.1 Å². The molecule has 7 nitrogen and oxygen atoms in total. The standard InChI is InChI=1S/C18H27N5O2/c1-13(20-17(24)19-12-18(2,3)23(4)5)16-21-15(25-22-16)11-14-9-7-6-8-10-14/h6-10,13H,11-12H2,1-5H3,(H2,19,20,24). The average molecular weight is 345 g/mol. The summed E-state index contributed by atoms with van der Waals surface area (Å²) in [5.74, 6) is 0.997. The summed E-state index contributed by atoms with van der Waals surface area (Å²) in [5, 5.41) is 9.67. The molecule has 2 N–H and O–H groups in total. The van der Waals surface area contributed by atoms with Crippen molar-refractivity contribution in [1.82, 2.24) is 25.7 Å². The molecule has 2 amide bonds. The Kier molecular flexibility index (Phi) is 6.14. The Balaban J connectivity index is 1.86. The predicted octanol–water partition coefficient (Wildman–Crippen LogP) is 2.36. The third kappa shape index (κ3) is 5.56. The van der Waals surface area contributed by atoms with E-state index < -0.39 is 0 Å². The van der Waals surface area contributed by atoms with Crippen LogP contribution in [-0.2, 0) is 6.42 Å². The van der Waals surface area contributed by atoms with Crippen molar-refractivity contribution >= 4 is 6.03 Å². The third-order valence-electron chi connectivity index (χ3n) is 4.31. The topological polar surface area (TPSA) is 83.3 Å². The maximum atomic E-state index is 12.1.